The van der Waals surface area contributed by atoms with Gasteiger partial charge in [-0.15, -0.1) is 0 Å². The first kappa shape index (κ1) is 14.5. The fraction of sp³-hybridized carbons (Fsp3) is 0.833. The minimum atomic E-state index is 0.564. The molecule has 0 aromatic carbocycles. The lowest BCUT2D eigenvalue weighted by atomic mass is 10.1. The molecule has 2 atom stereocenters. The van der Waals surface area contributed by atoms with Crippen molar-refractivity contribution in [3.05, 3.63) is 6.33 Å². The summed E-state index contributed by atoms with van der Waals surface area (Å²) in [5.41, 5.74) is 0. The number of aromatic amines is 1. The molecule has 0 aliphatic rings. The zero-order chi connectivity index (χ0) is 12.5. The van der Waals surface area contributed by atoms with Gasteiger partial charge in [0.15, 0.2) is 5.16 Å². The van der Waals surface area contributed by atoms with Gasteiger partial charge in [-0.05, 0) is 25.8 Å². The van der Waals surface area contributed by atoms with Crippen LogP contribution in [0.25, 0.3) is 0 Å². The largest absolute Gasteiger partial charge is 0.313 e. The maximum Gasteiger partial charge on any atom is 0.183 e. The van der Waals surface area contributed by atoms with Crippen molar-refractivity contribution in [2.75, 3.05) is 6.54 Å². The van der Waals surface area contributed by atoms with Crippen molar-refractivity contribution in [2.24, 2.45) is 0 Å². The molecule has 2 unspecified atom stereocenters. The molecule has 1 rings (SSSR count). The van der Waals surface area contributed by atoms with Gasteiger partial charge in [0.05, 0.1) is 0 Å². The number of hydrogen-bond acceptors (Lipinski definition) is 4. The quantitative estimate of drug-likeness (QED) is 0.667. The molecule has 5 heteroatoms. The van der Waals surface area contributed by atoms with E-state index in [0.29, 0.717) is 11.3 Å². The first-order chi connectivity index (χ1) is 8.31. The molecule has 98 valence electrons. The van der Waals surface area contributed by atoms with Crippen molar-refractivity contribution in [2.45, 2.75) is 62.9 Å². The van der Waals surface area contributed by atoms with E-state index >= 15 is 0 Å². The topological polar surface area (TPSA) is 53.6 Å². The molecule has 0 spiro atoms. The Morgan fingerprint density at radius 1 is 1.35 bits per heavy atom. The van der Waals surface area contributed by atoms with Crippen molar-refractivity contribution >= 4 is 11.8 Å². The molecule has 0 aliphatic carbocycles. The number of nitrogens with one attached hydrogen (secondary N) is 2. The molecule has 0 bridgehead atoms. The van der Waals surface area contributed by atoms with Gasteiger partial charge in [-0.25, -0.2) is 4.98 Å². The number of thioether (sulfide) groups is 1. The van der Waals surface area contributed by atoms with Gasteiger partial charge < -0.3 is 5.32 Å². The lowest BCUT2D eigenvalue weighted by molar-refractivity contribution is 0.454. The second-order valence-electron chi connectivity index (χ2n) is 4.20. The predicted octanol–water partition coefficient (Wildman–Crippen LogP) is 2.84. The van der Waals surface area contributed by atoms with Crippen molar-refractivity contribution in [1.82, 2.24) is 20.5 Å². The summed E-state index contributed by atoms with van der Waals surface area (Å²) in [5, 5.41) is 12.0. The van der Waals surface area contributed by atoms with Gasteiger partial charge >= 0.3 is 0 Å². The monoisotopic (exact) mass is 256 g/mol. The van der Waals surface area contributed by atoms with Crippen molar-refractivity contribution < 1.29 is 0 Å². The highest BCUT2D eigenvalue weighted by Gasteiger charge is 2.20. The fourth-order valence-corrected chi connectivity index (χ4v) is 2.97. The van der Waals surface area contributed by atoms with Gasteiger partial charge in [0.1, 0.15) is 6.33 Å². The average molecular weight is 256 g/mol. The molecule has 0 amide bonds. The molecule has 0 radical (unpaired) electrons. The smallest absolute Gasteiger partial charge is 0.183 e. The highest BCUT2D eigenvalue weighted by atomic mass is 32.2. The van der Waals surface area contributed by atoms with Crippen LogP contribution in [0.2, 0.25) is 0 Å². The Hall–Kier alpha value is -0.550. The maximum atomic E-state index is 4.20. The summed E-state index contributed by atoms with van der Waals surface area (Å²) in [6.07, 6.45) is 6.34. The van der Waals surface area contributed by atoms with Crippen LogP contribution in [-0.4, -0.2) is 33.0 Å². The third kappa shape index (κ3) is 5.08. The van der Waals surface area contributed by atoms with Crippen LogP contribution in [0.5, 0.6) is 0 Å². The van der Waals surface area contributed by atoms with Crippen LogP contribution in [0.4, 0.5) is 0 Å². The van der Waals surface area contributed by atoms with Crippen molar-refractivity contribution in [3.8, 4) is 0 Å². The Balaban J connectivity index is 2.53. The summed E-state index contributed by atoms with van der Waals surface area (Å²) in [4.78, 5) is 4.20. The summed E-state index contributed by atoms with van der Waals surface area (Å²) in [7, 11) is 0. The molecule has 1 aromatic rings. The molecule has 1 aromatic heterocycles. The summed E-state index contributed by atoms with van der Waals surface area (Å²) >= 11 is 1.80. The van der Waals surface area contributed by atoms with E-state index < -0.39 is 0 Å². The first-order valence-corrected chi connectivity index (χ1v) is 7.45. The summed E-state index contributed by atoms with van der Waals surface area (Å²) in [6.45, 7) is 7.79. The molecule has 0 saturated carbocycles. The average Bonchev–Trinajstić information content (AvgIpc) is 2.84. The first-order valence-electron chi connectivity index (χ1n) is 6.57. The standard InChI is InChI=1S/C12H24N4S/c1-4-7-10(13-8-5-2)11(6-3)17-12-14-9-15-16-12/h9-11,13H,4-8H2,1-3H3,(H,14,15,16). The van der Waals surface area contributed by atoms with Crippen LogP contribution < -0.4 is 5.32 Å². The lowest BCUT2D eigenvalue weighted by Crippen LogP contribution is -2.38. The zero-order valence-corrected chi connectivity index (χ0v) is 11.9. The van der Waals surface area contributed by atoms with Gasteiger partial charge in [0.25, 0.3) is 0 Å². The molecular weight excluding hydrogens is 232 g/mol. The molecule has 1 heterocycles. The minimum absolute atomic E-state index is 0.564. The van der Waals surface area contributed by atoms with E-state index in [1.165, 1.54) is 19.3 Å². The predicted molar refractivity (Wildman–Crippen MR) is 73.3 cm³/mol. The van der Waals surface area contributed by atoms with E-state index in [0.717, 1.165) is 18.1 Å². The summed E-state index contributed by atoms with van der Waals surface area (Å²) < 4.78 is 0. The highest BCUT2D eigenvalue weighted by Crippen LogP contribution is 2.26. The van der Waals surface area contributed by atoms with Crippen LogP contribution in [-0.2, 0) is 0 Å². The number of rotatable bonds is 9. The summed E-state index contributed by atoms with van der Waals surface area (Å²) in [6, 6.07) is 0.569. The van der Waals surface area contributed by atoms with E-state index in [1.807, 2.05) is 0 Å². The summed E-state index contributed by atoms with van der Waals surface area (Å²) in [5.74, 6) is 0. The molecule has 0 fully saturated rings. The number of H-pyrrole nitrogens is 1. The van der Waals surface area contributed by atoms with E-state index in [2.05, 4.69) is 41.3 Å². The van der Waals surface area contributed by atoms with Crippen molar-refractivity contribution in [1.29, 1.82) is 0 Å². The Kier molecular flexibility index (Phi) is 7.28. The van der Waals surface area contributed by atoms with Crippen LogP contribution in [0.3, 0.4) is 0 Å². The Morgan fingerprint density at radius 2 is 2.18 bits per heavy atom. The third-order valence-electron chi connectivity index (χ3n) is 2.76. The van der Waals surface area contributed by atoms with E-state index in [4.69, 9.17) is 0 Å². The van der Waals surface area contributed by atoms with Gasteiger partial charge in [0, 0.05) is 11.3 Å². The number of nitrogens with zero attached hydrogens (tertiary/aromatic N) is 2. The molecule has 0 saturated heterocycles. The lowest BCUT2D eigenvalue weighted by Gasteiger charge is -2.25. The zero-order valence-electron chi connectivity index (χ0n) is 11.1. The SMILES string of the molecule is CCCNC(CCC)C(CC)Sc1ncn[nH]1. The number of hydrogen-bond donors (Lipinski definition) is 2. The molecule has 2 N–H and O–H groups in total. The molecule has 17 heavy (non-hydrogen) atoms. The third-order valence-corrected chi connectivity index (χ3v) is 4.15. The Morgan fingerprint density at radius 3 is 2.71 bits per heavy atom. The molecule has 0 aliphatic heterocycles. The fourth-order valence-electron chi connectivity index (χ4n) is 1.90. The normalized spacial score (nSPS) is 14.8. The van der Waals surface area contributed by atoms with Crippen LogP contribution in [0.15, 0.2) is 11.5 Å². The van der Waals surface area contributed by atoms with Gasteiger partial charge in [-0.1, -0.05) is 39.0 Å². The van der Waals surface area contributed by atoms with Crippen molar-refractivity contribution in [3.63, 3.8) is 0 Å². The van der Waals surface area contributed by atoms with E-state index in [1.54, 1.807) is 18.1 Å². The second kappa shape index (κ2) is 8.53. The number of aromatic nitrogens is 3. The maximum absolute atomic E-state index is 4.20. The van der Waals surface area contributed by atoms with E-state index in [9.17, 15) is 0 Å². The highest BCUT2D eigenvalue weighted by molar-refractivity contribution is 7.99. The van der Waals surface area contributed by atoms with Crippen LogP contribution in [0.1, 0.15) is 46.5 Å². The Labute approximate surface area is 108 Å². The molecule has 4 nitrogen and oxygen atoms in total. The Bertz CT molecular complexity index is 276. The van der Waals surface area contributed by atoms with Gasteiger partial charge in [-0.3, -0.25) is 5.10 Å². The minimum Gasteiger partial charge on any atom is -0.313 e. The van der Waals surface area contributed by atoms with Crippen LogP contribution >= 0.6 is 11.8 Å². The van der Waals surface area contributed by atoms with E-state index in [-0.39, 0.29) is 0 Å². The molecular formula is C12H24N4S. The van der Waals surface area contributed by atoms with Gasteiger partial charge in [-0.2, -0.15) is 5.10 Å². The second-order valence-corrected chi connectivity index (χ2v) is 5.43. The van der Waals surface area contributed by atoms with Gasteiger partial charge in [0.2, 0.25) is 0 Å². The van der Waals surface area contributed by atoms with Crippen LogP contribution in [0, 0.1) is 0 Å².